The second-order valence-corrected chi connectivity index (χ2v) is 9.90. The predicted octanol–water partition coefficient (Wildman–Crippen LogP) is 2.33. The zero-order chi connectivity index (χ0) is 22.6. The van der Waals surface area contributed by atoms with E-state index in [0.29, 0.717) is 38.4 Å². The van der Waals surface area contributed by atoms with Crippen molar-refractivity contribution in [1.29, 1.82) is 0 Å². The largest absolute Gasteiger partial charge is 0.369 e. The van der Waals surface area contributed by atoms with E-state index < -0.39 is 21.7 Å². The van der Waals surface area contributed by atoms with Gasteiger partial charge in [-0.15, -0.1) is 0 Å². The van der Waals surface area contributed by atoms with Gasteiger partial charge in [-0.3, -0.25) is 9.48 Å². The summed E-state index contributed by atoms with van der Waals surface area (Å²) in [5.74, 6) is -1.10. The number of carbonyl (C=O) groups excluding carboxylic acids is 1. The number of carbonyl (C=O) groups is 1. The third kappa shape index (κ3) is 5.54. The lowest BCUT2D eigenvalue weighted by Crippen LogP contribution is -2.50. The molecule has 0 spiro atoms. The number of aryl methyl sites for hydroxylation is 1. The zero-order valence-electron chi connectivity index (χ0n) is 18.0. The molecule has 4 rings (SSSR count). The maximum absolute atomic E-state index is 12.8. The summed E-state index contributed by atoms with van der Waals surface area (Å²) in [6.07, 6.45) is 3.60. The van der Waals surface area contributed by atoms with E-state index in [-0.39, 0.29) is 0 Å². The van der Waals surface area contributed by atoms with Gasteiger partial charge in [-0.05, 0) is 48.4 Å². The molecule has 9 heteroatoms. The molecular formula is C23H27N5O3S. The number of hydrogen-bond donors (Lipinski definition) is 1. The molecule has 0 aliphatic carbocycles. The van der Waals surface area contributed by atoms with E-state index in [1.807, 2.05) is 49.5 Å². The molecule has 0 unspecified atom stereocenters. The number of amides is 1. The fraction of sp³-hybridized carbons (Fsp3) is 0.304. The van der Waals surface area contributed by atoms with Crippen LogP contribution in [0, 0.1) is 6.92 Å². The molecule has 168 valence electrons. The van der Waals surface area contributed by atoms with E-state index in [0.717, 1.165) is 11.3 Å². The summed E-state index contributed by atoms with van der Waals surface area (Å²) in [5.41, 5.74) is 3.86. The highest BCUT2D eigenvalue weighted by atomic mass is 32.2. The van der Waals surface area contributed by atoms with Gasteiger partial charge in [0, 0.05) is 49.9 Å². The third-order valence-corrected chi connectivity index (χ3v) is 7.23. The standard InChI is InChI=1S/C23H27N5O3S/c1-19-4-2-5-22(16-19)26-12-14-28(15-13-26)32(30,31)18-23(29)25-21-8-6-20(7-9-21)17-27-11-3-10-24-27/h2-11,16H,12-15,17-18H2,1H3,(H,25,29). The molecule has 1 aromatic heterocycles. The Labute approximate surface area is 188 Å². The number of anilines is 2. The van der Waals surface area contributed by atoms with Crippen molar-refractivity contribution in [3.8, 4) is 0 Å². The van der Waals surface area contributed by atoms with Crippen LogP contribution in [0.1, 0.15) is 11.1 Å². The minimum atomic E-state index is -3.68. The van der Waals surface area contributed by atoms with Gasteiger partial charge in [-0.25, -0.2) is 8.42 Å². The van der Waals surface area contributed by atoms with Crippen LogP contribution in [0.25, 0.3) is 0 Å². The highest BCUT2D eigenvalue weighted by Crippen LogP contribution is 2.19. The van der Waals surface area contributed by atoms with Gasteiger partial charge in [0.05, 0.1) is 6.54 Å². The Kier molecular flexibility index (Phi) is 6.57. The SMILES string of the molecule is Cc1cccc(N2CCN(S(=O)(=O)CC(=O)Nc3ccc(Cn4cccn4)cc3)CC2)c1. The van der Waals surface area contributed by atoms with Crippen LogP contribution in [0.4, 0.5) is 11.4 Å². The van der Waals surface area contributed by atoms with E-state index in [9.17, 15) is 13.2 Å². The summed E-state index contributed by atoms with van der Waals surface area (Å²) in [4.78, 5) is 14.6. The lowest BCUT2D eigenvalue weighted by molar-refractivity contribution is -0.113. The summed E-state index contributed by atoms with van der Waals surface area (Å²) < 4.78 is 28.7. The molecule has 2 aromatic carbocycles. The quantitative estimate of drug-likeness (QED) is 0.593. The molecule has 1 aliphatic rings. The number of aromatic nitrogens is 2. The van der Waals surface area contributed by atoms with Crippen LogP contribution in [-0.2, 0) is 21.4 Å². The molecule has 0 radical (unpaired) electrons. The third-order valence-electron chi connectivity index (χ3n) is 5.45. The van der Waals surface area contributed by atoms with Crippen LogP contribution in [0.5, 0.6) is 0 Å². The number of rotatable bonds is 7. The number of nitrogens with one attached hydrogen (secondary N) is 1. The van der Waals surface area contributed by atoms with E-state index >= 15 is 0 Å². The Balaban J connectivity index is 1.29. The Hall–Kier alpha value is -3.17. The van der Waals surface area contributed by atoms with E-state index in [4.69, 9.17) is 0 Å². The highest BCUT2D eigenvalue weighted by molar-refractivity contribution is 7.89. The summed E-state index contributed by atoms with van der Waals surface area (Å²) in [6, 6.07) is 17.3. The molecular weight excluding hydrogens is 426 g/mol. The Bertz CT molecular complexity index is 1150. The average molecular weight is 454 g/mol. The smallest absolute Gasteiger partial charge is 0.241 e. The Morgan fingerprint density at radius 3 is 2.44 bits per heavy atom. The first-order valence-corrected chi connectivity index (χ1v) is 12.2. The highest BCUT2D eigenvalue weighted by Gasteiger charge is 2.29. The number of hydrogen-bond acceptors (Lipinski definition) is 5. The number of piperazine rings is 1. The molecule has 1 N–H and O–H groups in total. The van der Waals surface area contributed by atoms with Crippen LogP contribution >= 0.6 is 0 Å². The molecule has 1 fully saturated rings. The molecule has 1 saturated heterocycles. The molecule has 1 amide bonds. The van der Waals surface area contributed by atoms with Crippen molar-refractivity contribution < 1.29 is 13.2 Å². The van der Waals surface area contributed by atoms with Crippen molar-refractivity contribution in [2.45, 2.75) is 13.5 Å². The van der Waals surface area contributed by atoms with Gasteiger partial charge in [-0.2, -0.15) is 9.40 Å². The van der Waals surface area contributed by atoms with Gasteiger partial charge >= 0.3 is 0 Å². The van der Waals surface area contributed by atoms with Crippen LogP contribution in [0.15, 0.2) is 67.0 Å². The van der Waals surface area contributed by atoms with E-state index in [1.54, 1.807) is 23.0 Å². The molecule has 0 bridgehead atoms. The first kappa shape index (κ1) is 22.0. The normalized spacial score (nSPS) is 15.0. The number of benzene rings is 2. The lowest BCUT2D eigenvalue weighted by Gasteiger charge is -2.35. The molecule has 0 saturated carbocycles. The van der Waals surface area contributed by atoms with Crippen molar-refractivity contribution in [2.24, 2.45) is 0 Å². The van der Waals surface area contributed by atoms with Crippen LogP contribution in [0.3, 0.4) is 0 Å². The van der Waals surface area contributed by atoms with E-state index in [1.165, 1.54) is 9.87 Å². The van der Waals surface area contributed by atoms with Crippen molar-refractivity contribution >= 4 is 27.3 Å². The topological polar surface area (TPSA) is 87.5 Å². The van der Waals surface area contributed by atoms with Gasteiger partial charge in [0.25, 0.3) is 0 Å². The molecule has 32 heavy (non-hydrogen) atoms. The molecule has 8 nitrogen and oxygen atoms in total. The fourth-order valence-corrected chi connectivity index (χ4v) is 5.08. The van der Waals surface area contributed by atoms with Gasteiger partial charge in [0.15, 0.2) is 0 Å². The Morgan fingerprint density at radius 2 is 1.78 bits per heavy atom. The maximum Gasteiger partial charge on any atom is 0.241 e. The van der Waals surface area contributed by atoms with Gasteiger partial charge < -0.3 is 10.2 Å². The minimum absolute atomic E-state index is 0.367. The second kappa shape index (κ2) is 9.54. The molecule has 2 heterocycles. The summed E-state index contributed by atoms with van der Waals surface area (Å²) >= 11 is 0. The predicted molar refractivity (Wildman–Crippen MR) is 125 cm³/mol. The lowest BCUT2D eigenvalue weighted by atomic mass is 10.2. The molecule has 0 atom stereocenters. The first-order valence-electron chi connectivity index (χ1n) is 10.5. The summed E-state index contributed by atoms with van der Waals surface area (Å²) in [6.45, 7) is 4.60. The maximum atomic E-state index is 12.8. The molecule has 1 aliphatic heterocycles. The number of nitrogens with zero attached hydrogens (tertiary/aromatic N) is 4. The second-order valence-electron chi connectivity index (χ2n) is 7.93. The van der Waals surface area contributed by atoms with Crippen molar-refractivity contribution in [3.05, 3.63) is 78.1 Å². The number of sulfonamides is 1. The Morgan fingerprint density at radius 1 is 1.03 bits per heavy atom. The average Bonchev–Trinajstić information content (AvgIpc) is 3.28. The van der Waals surface area contributed by atoms with E-state index in [2.05, 4.69) is 21.4 Å². The summed E-state index contributed by atoms with van der Waals surface area (Å²) in [7, 11) is -3.68. The van der Waals surface area contributed by atoms with Gasteiger partial charge in [0.2, 0.25) is 15.9 Å². The monoisotopic (exact) mass is 453 g/mol. The van der Waals surface area contributed by atoms with Crippen molar-refractivity contribution in [2.75, 3.05) is 42.1 Å². The summed E-state index contributed by atoms with van der Waals surface area (Å²) in [5, 5.41) is 6.85. The van der Waals surface area contributed by atoms with Gasteiger partial charge in [-0.1, -0.05) is 24.3 Å². The van der Waals surface area contributed by atoms with Crippen LogP contribution in [-0.4, -0.2) is 60.3 Å². The van der Waals surface area contributed by atoms with Crippen molar-refractivity contribution in [3.63, 3.8) is 0 Å². The minimum Gasteiger partial charge on any atom is -0.369 e. The first-order chi connectivity index (χ1) is 15.4. The fourth-order valence-electron chi connectivity index (χ4n) is 3.78. The van der Waals surface area contributed by atoms with Crippen LogP contribution in [0.2, 0.25) is 0 Å². The molecule has 3 aromatic rings. The van der Waals surface area contributed by atoms with Crippen LogP contribution < -0.4 is 10.2 Å². The van der Waals surface area contributed by atoms with Crippen molar-refractivity contribution in [1.82, 2.24) is 14.1 Å². The zero-order valence-corrected chi connectivity index (χ0v) is 18.8. The van der Waals surface area contributed by atoms with Gasteiger partial charge in [0.1, 0.15) is 5.75 Å².